The van der Waals surface area contributed by atoms with Crippen LogP contribution in [-0.2, 0) is 0 Å². The molecule has 3 heteroatoms. The third-order valence-electron chi connectivity index (χ3n) is 1.59. The van der Waals surface area contributed by atoms with E-state index < -0.39 is 0 Å². The summed E-state index contributed by atoms with van der Waals surface area (Å²) in [4.78, 5) is 11.5. The van der Waals surface area contributed by atoms with Gasteiger partial charge < -0.3 is 4.98 Å². The summed E-state index contributed by atoms with van der Waals surface area (Å²) >= 11 is 0. The molecule has 56 valence electrons. The molecular weight excluding hydrogens is 138 g/mol. The van der Waals surface area contributed by atoms with E-state index in [1.807, 2.05) is 26.1 Å². The molecule has 0 fully saturated rings. The van der Waals surface area contributed by atoms with Crippen LogP contribution in [0.3, 0.4) is 0 Å². The van der Waals surface area contributed by atoms with Gasteiger partial charge in [0.1, 0.15) is 11.3 Å². The molecule has 0 saturated heterocycles. The van der Waals surface area contributed by atoms with Gasteiger partial charge in [-0.25, -0.2) is 9.97 Å². The van der Waals surface area contributed by atoms with Crippen LogP contribution in [0.5, 0.6) is 0 Å². The maximum Gasteiger partial charge on any atom is 0.157 e. The van der Waals surface area contributed by atoms with Crippen molar-refractivity contribution in [3.05, 3.63) is 23.7 Å². The standard InChI is InChI=1S/C8H9N3/c1-5-3-7-8(9-4-5)11-6(2)10-7/h3-4H,1-2H3,(H,9,10,11). The Morgan fingerprint density at radius 2 is 2.18 bits per heavy atom. The summed E-state index contributed by atoms with van der Waals surface area (Å²) in [6.07, 6.45) is 1.83. The highest BCUT2D eigenvalue weighted by atomic mass is 15.0. The summed E-state index contributed by atoms with van der Waals surface area (Å²) in [5.74, 6) is 0.915. The van der Waals surface area contributed by atoms with Gasteiger partial charge in [-0.2, -0.15) is 0 Å². The van der Waals surface area contributed by atoms with Crippen LogP contribution in [0.4, 0.5) is 0 Å². The molecule has 0 bridgehead atoms. The fourth-order valence-corrected chi connectivity index (χ4v) is 1.12. The zero-order chi connectivity index (χ0) is 7.84. The van der Waals surface area contributed by atoms with Gasteiger partial charge in [-0.1, -0.05) is 0 Å². The number of aromatic amines is 1. The second-order valence-electron chi connectivity index (χ2n) is 2.70. The third-order valence-corrected chi connectivity index (χ3v) is 1.59. The van der Waals surface area contributed by atoms with Crippen LogP contribution in [0.2, 0.25) is 0 Å². The molecule has 2 heterocycles. The van der Waals surface area contributed by atoms with Gasteiger partial charge in [0.2, 0.25) is 0 Å². The lowest BCUT2D eigenvalue weighted by Crippen LogP contribution is -1.77. The summed E-state index contributed by atoms with van der Waals surface area (Å²) in [5, 5.41) is 0. The van der Waals surface area contributed by atoms with Crippen molar-refractivity contribution in [2.75, 3.05) is 0 Å². The molecule has 0 aromatic carbocycles. The molecule has 0 radical (unpaired) electrons. The largest absolute Gasteiger partial charge is 0.327 e. The lowest BCUT2D eigenvalue weighted by molar-refractivity contribution is 1.16. The predicted octanol–water partition coefficient (Wildman–Crippen LogP) is 1.57. The Balaban J connectivity index is 2.82. The van der Waals surface area contributed by atoms with Crippen LogP contribution < -0.4 is 0 Å². The number of aromatic nitrogens is 3. The van der Waals surface area contributed by atoms with E-state index in [2.05, 4.69) is 15.0 Å². The number of H-pyrrole nitrogens is 1. The number of nitrogens with zero attached hydrogens (tertiary/aromatic N) is 2. The van der Waals surface area contributed by atoms with E-state index in [1.165, 1.54) is 0 Å². The van der Waals surface area contributed by atoms with Gasteiger partial charge in [0.05, 0.1) is 0 Å². The predicted molar refractivity (Wildman–Crippen MR) is 43.4 cm³/mol. The molecule has 2 aromatic rings. The van der Waals surface area contributed by atoms with Crippen molar-refractivity contribution in [3.63, 3.8) is 0 Å². The molecule has 0 spiro atoms. The summed E-state index contributed by atoms with van der Waals surface area (Å²) in [5.41, 5.74) is 2.96. The minimum atomic E-state index is 0.869. The van der Waals surface area contributed by atoms with Crippen molar-refractivity contribution in [2.24, 2.45) is 0 Å². The van der Waals surface area contributed by atoms with E-state index in [0.717, 1.165) is 22.6 Å². The minimum Gasteiger partial charge on any atom is -0.327 e. The Morgan fingerprint density at radius 1 is 1.36 bits per heavy atom. The van der Waals surface area contributed by atoms with Gasteiger partial charge in [0.25, 0.3) is 0 Å². The van der Waals surface area contributed by atoms with Crippen molar-refractivity contribution >= 4 is 11.2 Å². The number of nitrogens with one attached hydrogen (secondary N) is 1. The van der Waals surface area contributed by atoms with Crippen molar-refractivity contribution < 1.29 is 0 Å². The van der Waals surface area contributed by atoms with Crippen molar-refractivity contribution in [1.82, 2.24) is 15.0 Å². The molecule has 0 amide bonds. The Kier molecular flexibility index (Phi) is 1.18. The van der Waals surface area contributed by atoms with Gasteiger partial charge in [-0.15, -0.1) is 0 Å². The normalized spacial score (nSPS) is 10.7. The number of fused-ring (bicyclic) bond motifs is 1. The number of imidazole rings is 1. The van der Waals surface area contributed by atoms with Crippen LogP contribution in [-0.4, -0.2) is 15.0 Å². The quantitative estimate of drug-likeness (QED) is 0.614. The zero-order valence-corrected chi connectivity index (χ0v) is 6.55. The van der Waals surface area contributed by atoms with Gasteiger partial charge in [-0.3, -0.25) is 0 Å². The summed E-state index contributed by atoms with van der Waals surface area (Å²) < 4.78 is 0. The molecule has 3 nitrogen and oxygen atoms in total. The fourth-order valence-electron chi connectivity index (χ4n) is 1.12. The van der Waals surface area contributed by atoms with E-state index in [0.29, 0.717) is 0 Å². The van der Waals surface area contributed by atoms with E-state index in [1.54, 1.807) is 0 Å². The number of aryl methyl sites for hydroxylation is 2. The molecule has 0 aliphatic carbocycles. The highest BCUT2D eigenvalue weighted by molar-refractivity contribution is 5.70. The molecule has 0 saturated carbocycles. The van der Waals surface area contributed by atoms with Gasteiger partial charge in [0, 0.05) is 6.20 Å². The molecular formula is C8H9N3. The van der Waals surface area contributed by atoms with Crippen molar-refractivity contribution in [2.45, 2.75) is 13.8 Å². The SMILES string of the molecule is Cc1cnc2[nH]c(C)nc2c1. The number of hydrogen-bond donors (Lipinski definition) is 1. The first-order valence-electron chi connectivity index (χ1n) is 3.55. The minimum absolute atomic E-state index is 0.869. The van der Waals surface area contributed by atoms with Crippen LogP contribution >= 0.6 is 0 Å². The summed E-state index contributed by atoms with van der Waals surface area (Å²) in [7, 11) is 0. The maximum atomic E-state index is 4.26. The topological polar surface area (TPSA) is 41.6 Å². The smallest absolute Gasteiger partial charge is 0.157 e. The second-order valence-corrected chi connectivity index (χ2v) is 2.70. The van der Waals surface area contributed by atoms with Crippen LogP contribution in [0.25, 0.3) is 11.2 Å². The molecule has 11 heavy (non-hydrogen) atoms. The lowest BCUT2D eigenvalue weighted by atomic mass is 10.3. The number of hydrogen-bond acceptors (Lipinski definition) is 2. The van der Waals surface area contributed by atoms with E-state index >= 15 is 0 Å². The first-order chi connectivity index (χ1) is 5.25. The Hall–Kier alpha value is -1.38. The van der Waals surface area contributed by atoms with Crippen LogP contribution in [0.1, 0.15) is 11.4 Å². The van der Waals surface area contributed by atoms with Gasteiger partial charge in [0.15, 0.2) is 5.65 Å². The molecule has 0 unspecified atom stereocenters. The molecule has 0 aliphatic heterocycles. The summed E-state index contributed by atoms with van der Waals surface area (Å²) in [6, 6.07) is 2.02. The number of rotatable bonds is 0. The summed E-state index contributed by atoms with van der Waals surface area (Å²) in [6.45, 7) is 3.94. The van der Waals surface area contributed by atoms with Crippen LogP contribution in [0.15, 0.2) is 12.3 Å². The molecule has 2 aromatic heterocycles. The Morgan fingerprint density at radius 3 is 3.00 bits per heavy atom. The van der Waals surface area contributed by atoms with Crippen molar-refractivity contribution in [1.29, 1.82) is 0 Å². The molecule has 2 rings (SSSR count). The fraction of sp³-hybridized carbons (Fsp3) is 0.250. The molecule has 0 atom stereocenters. The maximum absolute atomic E-state index is 4.26. The average Bonchev–Trinajstić information content (AvgIpc) is 2.27. The third kappa shape index (κ3) is 0.981. The monoisotopic (exact) mass is 147 g/mol. The first-order valence-corrected chi connectivity index (χ1v) is 3.55. The average molecular weight is 147 g/mol. The Bertz CT molecular complexity index is 389. The van der Waals surface area contributed by atoms with E-state index in [-0.39, 0.29) is 0 Å². The van der Waals surface area contributed by atoms with Gasteiger partial charge in [-0.05, 0) is 25.5 Å². The van der Waals surface area contributed by atoms with E-state index in [4.69, 9.17) is 0 Å². The highest BCUT2D eigenvalue weighted by Gasteiger charge is 1.98. The number of pyridine rings is 1. The first kappa shape index (κ1) is 6.34. The van der Waals surface area contributed by atoms with E-state index in [9.17, 15) is 0 Å². The van der Waals surface area contributed by atoms with Gasteiger partial charge >= 0.3 is 0 Å². The second kappa shape index (κ2) is 2.05. The lowest BCUT2D eigenvalue weighted by Gasteiger charge is -1.88. The molecule has 0 aliphatic rings. The zero-order valence-electron chi connectivity index (χ0n) is 6.55. The molecule has 1 N–H and O–H groups in total. The highest BCUT2D eigenvalue weighted by Crippen LogP contribution is 2.08. The van der Waals surface area contributed by atoms with Crippen molar-refractivity contribution in [3.8, 4) is 0 Å². The van der Waals surface area contributed by atoms with Crippen LogP contribution in [0, 0.1) is 13.8 Å². The Labute approximate surface area is 64.5 Å².